The van der Waals surface area contributed by atoms with Crippen LogP contribution in [0.2, 0.25) is 0 Å². The van der Waals surface area contributed by atoms with Crippen molar-refractivity contribution in [1.82, 2.24) is 4.98 Å². The molecule has 1 heterocycles. The number of halogens is 4. The van der Waals surface area contributed by atoms with E-state index < -0.39 is 35.6 Å². The maximum Gasteiger partial charge on any atom is 0.573 e. The third-order valence-electron chi connectivity index (χ3n) is 2.15. The number of alkyl halides is 4. The number of rotatable bonds is 5. The van der Waals surface area contributed by atoms with Crippen molar-refractivity contribution in [2.75, 3.05) is 6.61 Å². The molecule has 0 atom stereocenters. The molecule has 0 unspecified atom stereocenters. The Labute approximate surface area is 120 Å². The minimum absolute atomic E-state index is 0.0612. The Morgan fingerprint density at radius 3 is 2.60 bits per heavy atom. The number of carbonyl (C=O) groups is 1. The van der Waals surface area contributed by atoms with Gasteiger partial charge in [-0.3, -0.25) is 9.59 Å². The third kappa shape index (κ3) is 4.87. The molecule has 0 radical (unpaired) electrons. The Kier molecular flexibility index (Phi) is 5.61. The molecule has 1 rings (SSSR count). The van der Waals surface area contributed by atoms with Gasteiger partial charge in [0.05, 0.1) is 18.6 Å². The number of nitrogens with one attached hydrogen (secondary N) is 1. The molecule has 0 aliphatic heterocycles. The summed E-state index contributed by atoms with van der Waals surface area (Å²) in [4.78, 5) is 25.4. The van der Waals surface area contributed by atoms with Crippen LogP contribution in [0, 0.1) is 0 Å². The number of H-pyrrole nitrogens is 1. The molecule has 0 aliphatic rings. The Morgan fingerprint density at radius 1 is 1.45 bits per heavy atom. The van der Waals surface area contributed by atoms with Crippen LogP contribution in [0.3, 0.4) is 0 Å². The summed E-state index contributed by atoms with van der Waals surface area (Å²) in [5.74, 6) is -1.51. The summed E-state index contributed by atoms with van der Waals surface area (Å²) in [5.41, 5.74) is -1.05. The smallest absolute Gasteiger partial charge is 0.466 e. The van der Waals surface area contributed by atoms with E-state index in [1.807, 2.05) is 0 Å². The second-order valence-electron chi connectivity index (χ2n) is 3.63. The Balaban J connectivity index is 3.19. The lowest BCUT2D eigenvalue weighted by molar-refractivity contribution is -0.275. The molecular weight excluding hydrogens is 347 g/mol. The normalized spacial score (nSPS) is 11.2. The molecule has 0 spiro atoms. The van der Waals surface area contributed by atoms with Gasteiger partial charge in [0.25, 0.3) is 5.56 Å². The van der Waals surface area contributed by atoms with Crippen LogP contribution in [0.25, 0.3) is 0 Å². The highest BCUT2D eigenvalue weighted by molar-refractivity contribution is 9.08. The fraction of sp³-hybridized carbons (Fsp3) is 0.455. The van der Waals surface area contributed by atoms with Crippen LogP contribution < -0.4 is 10.3 Å². The summed E-state index contributed by atoms with van der Waals surface area (Å²) in [5, 5.41) is 0.135. The number of aromatic amines is 1. The molecule has 9 heteroatoms. The second-order valence-corrected chi connectivity index (χ2v) is 4.19. The predicted molar refractivity (Wildman–Crippen MR) is 66.7 cm³/mol. The van der Waals surface area contributed by atoms with Gasteiger partial charge in [0.1, 0.15) is 5.75 Å². The van der Waals surface area contributed by atoms with Gasteiger partial charge < -0.3 is 14.5 Å². The molecule has 0 amide bonds. The third-order valence-corrected chi connectivity index (χ3v) is 2.75. The summed E-state index contributed by atoms with van der Waals surface area (Å²) in [7, 11) is 0. The van der Waals surface area contributed by atoms with Crippen molar-refractivity contribution in [2.45, 2.75) is 25.0 Å². The molecule has 0 bridgehead atoms. The van der Waals surface area contributed by atoms with Crippen molar-refractivity contribution in [3.8, 4) is 5.75 Å². The van der Waals surface area contributed by atoms with Crippen LogP contribution in [0.15, 0.2) is 10.9 Å². The lowest BCUT2D eigenvalue weighted by atomic mass is 10.1. The molecule has 0 saturated heterocycles. The van der Waals surface area contributed by atoms with E-state index in [9.17, 15) is 22.8 Å². The Bertz CT molecular complexity index is 541. The van der Waals surface area contributed by atoms with Crippen molar-refractivity contribution < 1.29 is 27.4 Å². The van der Waals surface area contributed by atoms with Crippen LogP contribution >= 0.6 is 15.9 Å². The molecule has 5 nitrogen and oxygen atoms in total. The maximum absolute atomic E-state index is 12.3. The van der Waals surface area contributed by atoms with Crippen molar-refractivity contribution in [3.63, 3.8) is 0 Å². The second kappa shape index (κ2) is 6.78. The Morgan fingerprint density at radius 2 is 2.10 bits per heavy atom. The molecule has 0 saturated carbocycles. The van der Waals surface area contributed by atoms with Gasteiger partial charge >= 0.3 is 12.3 Å². The molecule has 0 fully saturated rings. The first kappa shape index (κ1) is 16.5. The van der Waals surface area contributed by atoms with Crippen molar-refractivity contribution >= 4 is 21.9 Å². The minimum Gasteiger partial charge on any atom is -0.466 e. The topological polar surface area (TPSA) is 68.4 Å². The van der Waals surface area contributed by atoms with Gasteiger partial charge in [-0.05, 0) is 6.92 Å². The van der Waals surface area contributed by atoms with E-state index in [0.29, 0.717) is 0 Å². The van der Waals surface area contributed by atoms with Gasteiger partial charge in [0.15, 0.2) is 0 Å². The van der Waals surface area contributed by atoms with E-state index in [-0.39, 0.29) is 17.6 Å². The summed E-state index contributed by atoms with van der Waals surface area (Å²) in [6, 6.07) is 1.01. The molecule has 1 aromatic rings. The van der Waals surface area contributed by atoms with E-state index in [1.165, 1.54) is 0 Å². The first-order chi connectivity index (χ1) is 9.26. The fourth-order valence-corrected chi connectivity index (χ4v) is 1.73. The van der Waals surface area contributed by atoms with Gasteiger partial charge in [0, 0.05) is 17.1 Å². The average Bonchev–Trinajstić information content (AvgIpc) is 2.31. The number of hydrogen-bond donors (Lipinski definition) is 1. The fourth-order valence-electron chi connectivity index (χ4n) is 1.43. The summed E-state index contributed by atoms with van der Waals surface area (Å²) in [6.07, 6.45) is -5.56. The maximum atomic E-state index is 12.3. The molecule has 1 aromatic heterocycles. The standard InChI is InChI=1S/C11H11BrF3NO4/c1-2-19-9(17)4-7-8(20-11(13,14)15)3-6(5-12)16-10(7)18/h3H,2,4-5H2,1H3,(H,16,18). The highest BCUT2D eigenvalue weighted by atomic mass is 79.9. The average molecular weight is 358 g/mol. The van der Waals surface area contributed by atoms with E-state index in [0.717, 1.165) is 6.07 Å². The van der Waals surface area contributed by atoms with Gasteiger partial charge in [0.2, 0.25) is 0 Å². The number of esters is 1. The first-order valence-corrected chi connectivity index (χ1v) is 6.61. The number of ether oxygens (including phenoxy) is 2. The minimum atomic E-state index is -4.96. The van der Waals surface area contributed by atoms with Gasteiger partial charge in [-0.25, -0.2) is 0 Å². The molecule has 112 valence electrons. The number of hydrogen-bond acceptors (Lipinski definition) is 4. The zero-order valence-electron chi connectivity index (χ0n) is 10.3. The number of pyridine rings is 1. The zero-order chi connectivity index (χ0) is 15.3. The number of carbonyl (C=O) groups excluding carboxylic acids is 1. The summed E-state index contributed by atoms with van der Waals surface area (Å²) < 4.78 is 45.3. The van der Waals surface area contributed by atoms with Crippen molar-refractivity contribution in [2.24, 2.45) is 0 Å². The van der Waals surface area contributed by atoms with E-state index in [1.54, 1.807) is 6.92 Å². The van der Waals surface area contributed by atoms with E-state index in [4.69, 9.17) is 0 Å². The van der Waals surface area contributed by atoms with Gasteiger partial charge in [-0.2, -0.15) is 0 Å². The lowest BCUT2D eigenvalue weighted by Crippen LogP contribution is -2.25. The first-order valence-electron chi connectivity index (χ1n) is 5.49. The highest BCUT2D eigenvalue weighted by Crippen LogP contribution is 2.26. The predicted octanol–water partition coefficient (Wildman–Crippen LogP) is 2.27. The van der Waals surface area contributed by atoms with Crippen molar-refractivity contribution in [1.29, 1.82) is 0 Å². The largest absolute Gasteiger partial charge is 0.573 e. The molecule has 1 N–H and O–H groups in total. The van der Waals surface area contributed by atoms with Crippen LogP contribution in [0.5, 0.6) is 5.75 Å². The number of aromatic nitrogens is 1. The summed E-state index contributed by atoms with van der Waals surface area (Å²) >= 11 is 3.01. The van der Waals surface area contributed by atoms with Crippen molar-refractivity contribution in [3.05, 3.63) is 27.7 Å². The highest BCUT2D eigenvalue weighted by Gasteiger charge is 2.33. The lowest BCUT2D eigenvalue weighted by Gasteiger charge is -2.13. The SMILES string of the molecule is CCOC(=O)Cc1c(OC(F)(F)F)cc(CBr)[nH]c1=O. The molecule has 0 aliphatic carbocycles. The molecule has 0 aromatic carbocycles. The Hall–Kier alpha value is -1.51. The summed E-state index contributed by atoms with van der Waals surface area (Å²) in [6.45, 7) is 1.61. The zero-order valence-corrected chi connectivity index (χ0v) is 11.9. The quantitative estimate of drug-likeness (QED) is 0.648. The monoisotopic (exact) mass is 357 g/mol. The van der Waals surface area contributed by atoms with Crippen LogP contribution in [-0.4, -0.2) is 23.9 Å². The van der Waals surface area contributed by atoms with E-state index >= 15 is 0 Å². The van der Waals surface area contributed by atoms with Crippen LogP contribution in [0.1, 0.15) is 18.2 Å². The van der Waals surface area contributed by atoms with Gasteiger partial charge in [-0.1, -0.05) is 15.9 Å². The van der Waals surface area contributed by atoms with Crippen LogP contribution in [-0.2, 0) is 21.3 Å². The molecule has 20 heavy (non-hydrogen) atoms. The van der Waals surface area contributed by atoms with Crippen LogP contribution in [0.4, 0.5) is 13.2 Å². The molecular formula is C11H11BrF3NO4. The van der Waals surface area contributed by atoms with E-state index in [2.05, 4.69) is 30.4 Å². The van der Waals surface area contributed by atoms with Gasteiger partial charge in [-0.15, -0.1) is 13.2 Å².